The summed E-state index contributed by atoms with van der Waals surface area (Å²) >= 11 is 12.8. The Labute approximate surface area is 232 Å². The number of benzene rings is 3. The number of aromatic nitrogens is 2. The van der Waals surface area contributed by atoms with Gasteiger partial charge in [-0.3, -0.25) is 14.3 Å². The SMILES string of the molecule is CCCC(c1ccc(C(=O)NCCC(=O)O)cc1)C(c1ccc(Cl)cc1)c1c2cc(Cl)cc(C)c2nn1C. The van der Waals surface area contributed by atoms with Crippen LogP contribution >= 0.6 is 23.2 Å². The highest BCUT2D eigenvalue weighted by atomic mass is 35.5. The fraction of sp³-hybridized carbons (Fsp3) is 0.300. The predicted molar refractivity (Wildman–Crippen MR) is 152 cm³/mol. The van der Waals surface area contributed by atoms with Crippen molar-refractivity contribution in [3.8, 4) is 0 Å². The standard InChI is InChI=1S/C30H31Cl2N3O3/c1-4-5-24(19-6-8-21(9-7-19)30(38)33-15-14-26(36)37)27(20-10-12-22(31)13-11-20)29-25-17-23(32)16-18(2)28(25)34-35(29)3/h6-13,16-17,24,27H,4-5,14-15H2,1-3H3,(H,33,38)(H,36,37). The van der Waals surface area contributed by atoms with Crippen molar-refractivity contribution in [3.63, 3.8) is 0 Å². The van der Waals surface area contributed by atoms with E-state index in [-0.39, 0.29) is 30.7 Å². The van der Waals surface area contributed by atoms with Crippen LogP contribution in [0.1, 0.15) is 70.8 Å². The minimum atomic E-state index is -0.949. The van der Waals surface area contributed by atoms with Crippen molar-refractivity contribution >= 4 is 46.0 Å². The van der Waals surface area contributed by atoms with E-state index in [1.165, 1.54) is 0 Å². The fourth-order valence-corrected chi connectivity index (χ4v) is 5.56. The van der Waals surface area contributed by atoms with Crippen LogP contribution in [0.15, 0.2) is 60.7 Å². The van der Waals surface area contributed by atoms with E-state index in [2.05, 4.69) is 24.4 Å². The van der Waals surface area contributed by atoms with E-state index < -0.39 is 5.97 Å². The normalized spacial score (nSPS) is 12.9. The van der Waals surface area contributed by atoms with Crippen LogP contribution in [0, 0.1) is 6.92 Å². The third-order valence-corrected chi connectivity index (χ3v) is 7.36. The van der Waals surface area contributed by atoms with Gasteiger partial charge in [-0.2, -0.15) is 5.10 Å². The second-order valence-corrected chi connectivity index (χ2v) is 10.4. The first-order valence-corrected chi connectivity index (χ1v) is 13.4. The Morgan fingerprint density at radius 2 is 1.66 bits per heavy atom. The van der Waals surface area contributed by atoms with Gasteiger partial charge in [-0.05, 0) is 72.4 Å². The van der Waals surface area contributed by atoms with Gasteiger partial charge in [-0.1, -0.05) is 60.8 Å². The summed E-state index contributed by atoms with van der Waals surface area (Å²) in [7, 11) is 1.97. The molecule has 0 radical (unpaired) electrons. The monoisotopic (exact) mass is 551 g/mol. The van der Waals surface area contributed by atoms with Gasteiger partial charge in [0.05, 0.1) is 17.6 Å². The van der Waals surface area contributed by atoms with E-state index in [1.807, 2.05) is 55.1 Å². The molecule has 1 amide bonds. The van der Waals surface area contributed by atoms with Gasteiger partial charge in [-0.15, -0.1) is 0 Å². The van der Waals surface area contributed by atoms with Crippen molar-refractivity contribution in [2.75, 3.05) is 6.54 Å². The highest BCUT2D eigenvalue weighted by Crippen LogP contribution is 2.44. The number of aliphatic carboxylic acids is 1. The highest BCUT2D eigenvalue weighted by molar-refractivity contribution is 6.31. The first kappa shape index (κ1) is 27.7. The average Bonchev–Trinajstić information content (AvgIpc) is 3.20. The second-order valence-electron chi connectivity index (χ2n) is 9.57. The molecule has 2 N–H and O–H groups in total. The Morgan fingerprint density at radius 3 is 2.29 bits per heavy atom. The van der Waals surface area contributed by atoms with Gasteiger partial charge in [0.2, 0.25) is 0 Å². The quantitative estimate of drug-likeness (QED) is 0.220. The topological polar surface area (TPSA) is 84.2 Å². The lowest BCUT2D eigenvalue weighted by molar-refractivity contribution is -0.136. The summed E-state index contributed by atoms with van der Waals surface area (Å²) in [6, 6.07) is 19.5. The molecule has 4 aromatic rings. The maximum absolute atomic E-state index is 12.5. The summed E-state index contributed by atoms with van der Waals surface area (Å²) in [6.45, 7) is 4.27. The minimum Gasteiger partial charge on any atom is -0.481 e. The maximum atomic E-state index is 12.5. The lowest BCUT2D eigenvalue weighted by atomic mass is 9.76. The summed E-state index contributed by atoms with van der Waals surface area (Å²) < 4.78 is 1.96. The van der Waals surface area contributed by atoms with Crippen molar-refractivity contribution in [1.82, 2.24) is 15.1 Å². The van der Waals surface area contributed by atoms with Gasteiger partial charge >= 0.3 is 5.97 Å². The van der Waals surface area contributed by atoms with Crippen molar-refractivity contribution in [3.05, 3.63) is 98.7 Å². The lowest BCUT2D eigenvalue weighted by Gasteiger charge is -2.29. The molecule has 1 heterocycles. The van der Waals surface area contributed by atoms with Gasteiger partial charge in [0.25, 0.3) is 5.91 Å². The number of hydrogen-bond donors (Lipinski definition) is 2. The molecule has 2 unspecified atom stereocenters. The fourth-order valence-electron chi connectivity index (χ4n) is 5.16. The van der Waals surface area contributed by atoms with Gasteiger partial charge in [0.15, 0.2) is 0 Å². The number of fused-ring (bicyclic) bond motifs is 1. The minimum absolute atomic E-state index is 0.0460. The molecule has 0 saturated carbocycles. The summed E-state index contributed by atoms with van der Waals surface area (Å²) in [4.78, 5) is 23.3. The molecule has 0 aliphatic carbocycles. The zero-order chi connectivity index (χ0) is 27.4. The van der Waals surface area contributed by atoms with Crippen LogP contribution in [0.3, 0.4) is 0 Å². The van der Waals surface area contributed by atoms with Crippen LogP contribution in [0.5, 0.6) is 0 Å². The number of rotatable bonds is 10. The van der Waals surface area contributed by atoms with Crippen molar-refractivity contribution in [2.24, 2.45) is 7.05 Å². The van der Waals surface area contributed by atoms with Crippen molar-refractivity contribution < 1.29 is 14.7 Å². The Kier molecular flexibility index (Phi) is 8.75. The lowest BCUT2D eigenvalue weighted by Crippen LogP contribution is -2.26. The number of hydrogen-bond acceptors (Lipinski definition) is 3. The molecule has 2 atom stereocenters. The number of carbonyl (C=O) groups excluding carboxylic acids is 1. The molecule has 0 saturated heterocycles. The number of carboxylic acid groups (broad SMARTS) is 1. The Hall–Kier alpha value is -3.35. The average molecular weight is 553 g/mol. The Bertz CT molecular complexity index is 1450. The molecule has 3 aromatic carbocycles. The summed E-state index contributed by atoms with van der Waals surface area (Å²) in [5, 5.41) is 18.7. The van der Waals surface area contributed by atoms with Crippen LogP contribution in [0.2, 0.25) is 10.0 Å². The number of aryl methyl sites for hydroxylation is 2. The molecule has 6 nitrogen and oxygen atoms in total. The molecule has 0 aliphatic heterocycles. The molecule has 198 valence electrons. The number of carboxylic acids is 1. The Balaban J connectivity index is 1.80. The van der Waals surface area contributed by atoms with E-state index in [4.69, 9.17) is 33.4 Å². The van der Waals surface area contributed by atoms with Crippen LogP contribution < -0.4 is 5.32 Å². The van der Waals surface area contributed by atoms with Crippen molar-refractivity contribution in [2.45, 2.75) is 44.9 Å². The summed E-state index contributed by atoms with van der Waals surface area (Å²) in [5.41, 5.74) is 5.73. The van der Waals surface area contributed by atoms with Crippen molar-refractivity contribution in [1.29, 1.82) is 0 Å². The number of halogens is 2. The molecule has 4 rings (SSSR count). The number of carbonyl (C=O) groups is 2. The number of nitrogens with one attached hydrogen (secondary N) is 1. The maximum Gasteiger partial charge on any atom is 0.305 e. The van der Waals surface area contributed by atoms with Gasteiger partial charge in [-0.25, -0.2) is 0 Å². The van der Waals surface area contributed by atoms with Crippen LogP contribution in [0.25, 0.3) is 10.9 Å². The zero-order valence-corrected chi connectivity index (χ0v) is 23.2. The molecular formula is C30H31Cl2N3O3. The van der Waals surface area contributed by atoms with Crippen LogP contribution in [0.4, 0.5) is 0 Å². The summed E-state index contributed by atoms with van der Waals surface area (Å²) in [5.74, 6) is -1.20. The van der Waals surface area contributed by atoms with E-state index in [1.54, 1.807) is 12.1 Å². The van der Waals surface area contributed by atoms with E-state index in [0.29, 0.717) is 15.6 Å². The largest absolute Gasteiger partial charge is 0.481 e. The van der Waals surface area contributed by atoms with Gasteiger partial charge in [0.1, 0.15) is 0 Å². The molecule has 0 fully saturated rings. The molecule has 38 heavy (non-hydrogen) atoms. The number of amides is 1. The highest BCUT2D eigenvalue weighted by Gasteiger charge is 2.31. The smallest absolute Gasteiger partial charge is 0.305 e. The molecule has 0 aliphatic rings. The first-order valence-electron chi connectivity index (χ1n) is 12.7. The third kappa shape index (κ3) is 6.03. The Morgan fingerprint density at radius 1 is 1.00 bits per heavy atom. The van der Waals surface area contributed by atoms with E-state index >= 15 is 0 Å². The van der Waals surface area contributed by atoms with E-state index in [0.717, 1.165) is 46.1 Å². The molecule has 0 spiro atoms. The molecule has 0 bridgehead atoms. The van der Waals surface area contributed by atoms with Gasteiger partial charge in [0, 0.05) is 40.5 Å². The van der Waals surface area contributed by atoms with Gasteiger partial charge < -0.3 is 10.4 Å². The van der Waals surface area contributed by atoms with Crippen LogP contribution in [-0.2, 0) is 11.8 Å². The molecule has 1 aromatic heterocycles. The van der Waals surface area contributed by atoms with E-state index in [9.17, 15) is 9.59 Å². The zero-order valence-electron chi connectivity index (χ0n) is 21.7. The van der Waals surface area contributed by atoms with Crippen LogP contribution in [-0.4, -0.2) is 33.3 Å². The first-order chi connectivity index (χ1) is 18.2. The molecular weight excluding hydrogens is 521 g/mol. The number of nitrogens with zero attached hydrogens (tertiary/aromatic N) is 2. The predicted octanol–water partition coefficient (Wildman–Crippen LogP) is 7.11. The second kappa shape index (κ2) is 12.0. The summed E-state index contributed by atoms with van der Waals surface area (Å²) in [6.07, 6.45) is 1.75. The molecule has 8 heteroatoms. The third-order valence-electron chi connectivity index (χ3n) is 6.89.